The van der Waals surface area contributed by atoms with Gasteiger partial charge in [0, 0.05) is 23.5 Å². The van der Waals surface area contributed by atoms with Gasteiger partial charge in [-0.15, -0.1) is 0 Å². The molecule has 1 aliphatic heterocycles. The first-order chi connectivity index (χ1) is 23.3. The summed E-state index contributed by atoms with van der Waals surface area (Å²) in [5.74, 6) is -3.29. The molecule has 1 aromatic heterocycles. The van der Waals surface area contributed by atoms with Crippen LogP contribution in [-0.2, 0) is 9.59 Å². The topological polar surface area (TPSA) is 143 Å². The van der Waals surface area contributed by atoms with Crippen LogP contribution in [0.25, 0.3) is 11.6 Å². The van der Waals surface area contributed by atoms with Crippen molar-refractivity contribution in [1.29, 1.82) is 0 Å². The van der Waals surface area contributed by atoms with E-state index in [0.29, 0.717) is 39.5 Å². The number of phenols is 1. The Hall–Kier alpha value is -4.80. The van der Waals surface area contributed by atoms with E-state index in [4.69, 9.17) is 11.6 Å². The van der Waals surface area contributed by atoms with Crippen molar-refractivity contribution in [2.75, 3.05) is 23.4 Å². The first-order valence-corrected chi connectivity index (χ1v) is 16.2. The second kappa shape index (κ2) is 14.5. The van der Waals surface area contributed by atoms with Crippen LogP contribution < -0.4 is 10.2 Å². The first-order valence-electron chi connectivity index (χ1n) is 15.8. The van der Waals surface area contributed by atoms with E-state index in [9.17, 15) is 30.0 Å². The van der Waals surface area contributed by atoms with Gasteiger partial charge in [0.1, 0.15) is 5.75 Å². The number of hydrogen-bond acceptors (Lipinski definition) is 8. The predicted molar refractivity (Wildman–Crippen MR) is 185 cm³/mol. The molecule has 246 valence electrons. The third-order valence-electron chi connectivity index (χ3n) is 9.11. The molecule has 0 bridgehead atoms. The lowest BCUT2D eigenvalue weighted by atomic mass is 9.68. The molecule has 0 saturated carbocycles. The molecule has 2 amide bonds. The number of pyridine rings is 1. The molecule has 0 unspecified atom stereocenters. The molecule has 48 heavy (non-hydrogen) atoms. The van der Waals surface area contributed by atoms with Crippen molar-refractivity contribution >= 4 is 52.1 Å². The minimum atomic E-state index is -1.12. The highest BCUT2D eigenvalue weighted by Gasteiger charge is 2.55. The van der Waals surface area contributed by atoms with Gasteiger partial charge in [-0.05, 0) is 114 Å². The number of aliphatic hydroxyl groups is 3. The van der Waals surface area contributed by atoms with E-state index >= 15 is 0 Å². The summed E-state index contributed by atoms with van der Waals surface area (Å²) >= 11 is 6.39. The normalized spacial score (nSPS) is 20.2. The molecule has 9 nitrogen and oxygen atoms in total. The summed E-state index contributed by atoms with van der Waals surface area (Å²) < 4.78 is 0. The maximum absolute atomic E-state index is 13.9. The van der Waals surface area contributed by atoms with Crippen LogP contribution in [0.15, 0.2) is 108 Å². The van der Waals surface area contributed by atoms with Crippen LogP contribution in [0, 0.1) is 17.8 Å². The van der Waals surface area contributed by atoms with Crippen LogP contribution in [0.4, 0.5) is 17.1 Å². The minimum Gasteiger partial charge on any atom is -0.508 e. The van der Waals surface area contributed by atoms with Gasteiger partial charge in [0.15, 0.2) is 0 Å². The highest BCUT2D eigenvalue weighted by Crippen LogP contribution is 2.47. The highest BCUT2D eigenvalue weighted by atomic mass is 35.5. The van der Waals surface area contributed by atoms with Crippen LogP contribution in [0.5, 0.6) is 5.75 Å². The zero-order valence-electron chi connectivity index (χ0n) is 26.0. The van der Waals surface area contributed by atoms with E-state index < -0.39 is 48.9 Å². The zero-order valence-corrected chi connectivity index (χ0v) is 26.8. The number of anilines is 3. The average molecular weight is 666 g/mol. The van der Waals surface area contributed by atoms with Crippen molar-refractivity contribution in [3.63, 3.8) is 0 Å². The van der Waals surface area contributed by atoms with Gasteiger partial charge in [0.25, 0.3) is 0 Å². The molecule has 10 heteroatoms. The number of fused-ring (bicyclic) bond motifs is 1. The number of amides is 2. The molecule has 1 aliphatic carbocycles. The molecule has 0 spiro atoms. The van der Waals surface area contributed by atoms with Gasteiger partial charge in [-0.3, -0.25) is 19.5 Å². The fraction of sp³-hybridized carbons (Fsp3) is 0.237. The van der Waals surface area contributed by atoms with Gasteiger partial charge in [0.05, 0.1) is 47.6 Å². The summed E-state index contributed by atoms with van der Waals surface area (Å²) in [4.78, 5) is 33.3. The smallest absolute Gasteiger partial charge is 0.238 e. The maximum atomic E-state index is 13.9. The highest BCUT2D eigenvalue weighted by molar-refractivity contribution is 6.32. The van der Waals surface area contributed by atoms with Crippen molar-refractivity contribution < 1.29 is 30.0 Å². The Balaban J connectivity index is 1.23. The number of aromatic nitrogens is 1. The van der Waals surface area contributed by atoms with Crippen molar-refractivity contribution in [1.82, 2.24) is 4.98 Å². The second-order valence-corrected chi connectivity index (χ2v) is 12.4. The number of para-hydroxylation sites is 1. The summed E-state index contributed by atoms with van der Waals surface area (Å²) in [6.45, 7) is -0.893. The number of carbonyl (C=O) groups excluding carboxylic acids is 2. The Kier molecular flexibility index (Phi) is 10.0. The van der Waals surface area contributed by atoms with Crippen LogP contribution in [0.3, 0.4) is 0 Å². The molecule has 4 aromatic rings. The van der Waals surface area contributed by atoms with E-state index in [2.05, 4.69) is 10.3 Å². The lowest BCUT2D eigenvalue weighted by Crippen LogP contribution is -2.39. The van der Waals surface area contributed by atoms with E-state index in [1.54, 1.807) is 42.6 Å². The number of phenolic OH excluding ortho intramolecular Hbond substituents is 1. The number of nitrogens with zero attached hydrogens (tertiary/aromatic N) is 2. The fourth-order valence-electron chi connectivity index (χ4n) is 6.84. The maximum Gasteiger partial charge on any atom is 0.238 e. The molecule has 2 heterocycles. The number of aliphatic hydroxyl groups excluding tert-OH is 3. The van der Waals surface area contributed by atoms with Crippen molar-refractivity contribution in [3.05, 3.63) is 125 Å². The number of hydrogen-bond donors (Lipinski definition) is 5. The van der Waals surface area contributed by atoms with Crippen molar-refractivity contribution in [2.45, 2.75) is 25.4 Å². The number of carbonyl (C=O) groups is 2. The van der Waals surface area contributed by atoms with Crippen molar-refractivity contribution in [2.24, 2.45) is 17.8 Å². The number of nitrogens with one attached hydrogen (secondary N) is 1. The largest absolute Gasteiger partial charge is 0.508 e. The van der Waals surface area contributed by atoms with Crippen LogP contribution >= 0.6 is 11.6 Å². The van der Waals surface area contributed by atoms with Gasteiger partial charge in [-0.2, -0.15) is 0 Å². The molecule has 6 rings (SSSR count). The lowest BCUT2D eigenvalue weighted by molar-refractivity contribution is -0.123. The van der Waals surface area contributed by atoms with Crippen molar-refractivity contribution in [3.8, 4) is 5.75 Å². The quantitative estimate of drug-likeness (QED) is 0.0974. The Morgan fingerprint density at radius 2 is 1.69 bits per heavy atom. The summed E-state index contributed by atoms with van der Waals surface area (Å²) in [5.41, 5.74) is 5.06. The Morgan fingerprint density at radius 1 is 0.958 bits per heavy atom. The van der Waals surface area contributed by atoms with E-state index in [1.165, 1.54) is 12.1 Å². The fourth-order valence-corrected chi connectivity index (χ4v) is 7.07. The summed E-state index contributed by atoms with van der Waals surface area (Å²) in [7, 11) is 0. The second-order valence-electron chi connectivity index (χ2n) is 12.0. The van der Waals surface area contributed by atoms with E-state index in [1.807, 2.05) is 48.5 Å². The van der Waals surface area contributed by atoms with E-state index in [0.717, 1.165) is 21.8 Å². The monoisotopic (exact) mass is 665 g/mol. The van der Waals surface area contributed by atoms with E-state index in [-0.39, 0.29) is 18.6 Å². The SMILES string of the molecule is O=C1[C@@H]2[C@@H](CC(CO)=C([C@H](O)CC/C(=C/c3ccc(O)cc3Cl)c3ccccn3)[C@@H]2CO)C(=O)N1c1ccc(Nc2ccccc2)cc1. The molecule has 2 aliphatic rings. The molecule has 1 saturated heterocycles. The predicted octanol–water partition coefficient (Wildman–Crippen LogP) is 5.97. The number of imide groups is 1. The molecule has 5 N–H and O–H groups in total. The molecule has 0 radical (unpaired) electrons. The number of allylic oxidation sites excluding steroid dienone is 1. The first kappa shape index (κ1) is 33.1. The summed E-state index contributed by atoms with van der Waals surface area (Å²) in [6, 6.07) is 26.8. The minimum absolute atomic E-state index is 0.0386. The number of aromatic hydroxyl groups is 1. The van der Waals surface area contributed by atoms with Gasteiger partial charge in [-0.25, -0.2) is 0 Å². The Morgan fingerprint density at radius 3 is 2.35 bits per heavy atom. The summed E-state index contributed by atoms with van der Waals surface area (Å²) in [5, 5.41) is 46.1. The average Bonchev–Trinajstić information content (AvgIpc) is 3.36. The third kappa shape index (κ3) is 6.77. The lowest BCUT2D eigenvalue weighted by Gasteiger charge is -2.36. The van der Waals surface area contributed by atoms with Gasteiger partial charge >= 0.3 is 0 Å². The van der Waals surface area contributed by atoms with Gasteiger partial charge < -0.3 is 25.7 Å². The number of benzene rings is 3. The third-order valence-corrected chi connectivity index (χ3v) is 9.44. The standard InChI is InChI=1S/C38H36ClN3O6/c39-32-20-29(45)15-9-23(32)18-24(33-8-4-5-17-40-33)10-16-34(46)35-25(21-43)19-30-36(31(35)22-44)38(48)42(37(30)47)28-13-11-27(12-14-28)41-26-6-2-1-3-7-26/h1-9,11-15,17-18,20,30-31,34,36,41,43-46H,10,16,19,21-22H2/b24-18-/t30-,31+,34-,36-/m1/s1. The number of halogens is 1. The van der Waals surface area contributed by atoms with Gasteiger partial charge in [-0.1, -0.05) is 35.9 Å². The Bertz CT molecular complexity index is 1850. The van der Waals surface area contributed by atoms with Crippen LogP contribution in [0.2, 0.25) is 5.02 Å². The number of rotatable bonds is 11. The van der Waals surface area contributed by atoms with Crippen LogP contribution in [0.1, 0.15) is 30.5 Å². The van der Waals surface area contributed by atoms with Gasteiger partial charge in [0.2, 0.25) is 11.8 Å². The Labute approximate surface area is 283 Å². The molecular weight excluding hydrogens is 630 g/mol. The molecule has 3 aromatic carbocycles. The summed E-state index contributed by atoms with van der Waals surface area (Å²) in [6.07, 6.45) is 3.02. The molecular formula is C38H36ClN3O6. The molecule has 1 fully saturated rings. The van der Waals surface area contributed by atoms with Crippen LogP contribution in [-0.4, -0.2) is 56.5 Å². The molecule has 4 atom stereocenters. The zero-order chi connectivity index (χ0) is 33.8.